The van der Waals surface area contributed by atoms with Gasteiger partial charge in [0.2, 0.25) is 5.91 Å². The Balaban J connectivity index is 2.54. The largest absolute Gasteiger partial charge is 0.481 e. The maximum atomic E-state index is 11.4. The minimum atomic E-state index is -0.783. The van der Waals surface area contributed by atoms with Crippen molar-refractivity contribution in [2.75, 3.05) is 20.1 Å². The van der Waals surface area contributed by atoms with Gasteiger partial charge >= 0.3 is 5.97 Å². The van der Waals surface area contributed by atoms with Crippen LogP contribution in [0.3, 0.4) is 0 Å². The first kappa shape index (κ1) is 14.0. The molecule has 0 saturated heterocycles. The number of rotatable bonds is 5. The molecule has 3 N–H and O–H groups in total. The van der Waals surface area contributed by atoms with Gasteiger partial charge in [0.05, 0.1) is 12.0 Å². The second-order valence-corrected chi connectivity index (χ2v) is 5.08. The summed E-state index contributed by atoms with van der Waals surface area (Å²) in [5.74, 6) is -0.337. The van der Waals surface area contributed by atoms with E-state index in [1.54, 1.807) is 7.05 Å². The maximum Gasteiger partial charge on any atom is 0.311 e. The van der Waals surface area contributed by atoms with Gasteiger partial charge in [0.25, 0.3) is 0 Å². The summed E-state index contributed by atoms with van der Waals surface area (Å²) in [6.45, 7) is 2.62. The Morgan fingerprint density at radius 3 is 2.41 bits per heavy atom. The van der Waals surface area contributed by atoms with E-state index >= 15 is 0 Å². The van der Waals surface area contributed by atoms with Gasteiger partial charge in [-0.05, 0) is 38.6 Å². The van der Waals surface area contributed by atoms with Gasteiger partial charge in [0.15, 0.2) is 0 Å². The Morgan fingerprint density at radius 2 is 1.94 bits per heavy atom. The lowest BCUT2D eigenvalue weighted by molar-refractivity contribution is -0.151. The summed E-state index contributed by atoms with van der Waals surface area (Å²) >= 11 is 0. The highest BCUT2D eigenvalue weighted by molar-refractivity contribution is 5.80. The first-order chi connectivity index (χ1) is 8.00. The molecule has 0 atom stereocenters. The summed E-state index contributed by atoms with van der Waals surface area (Å²) in [4.78, 5) is 22.7. The highest BCUT2D eigenvalue weighted by atomic mass is 16.4. The summed E-state index contributed by atoms with van der Waals surface area (Å²) < 4.78 is 0. The lowest BCUT2D eigenvalue weighted by Crippen LogP contribution is -2.46. The van der Waals surface area contributed by atoms with Crippen LogP contribution in [0.1, 0.15) is 32.6 Å². The quantitative estimate of drug-likeness (QED) is 0.660. The Kier molecular flexibility index (Phi) is 4.93. The van der Waals surface area contributed by atoms with E-state index in [1.807, 2.05) is 0 Å². The molecular weight excluding hydrogens is 220 g/mol. The van der Waals surface area contributed by atoms with Crippen LogP contribution in [0.25, 0.3) is 0 Å². The van der Waals surface area contributed by atoms with Gasteiger partial charge in [-0.1, -0.05) is 6.92 Å². The third-order valence-electron chi connectivity index (χ3n) is 3.65. The topological polar surface area (TPSA) is 78.4 Å². The van der Waals surface area contributed by atoms with Gasteiger partial charge in [-0.3, -0.25) is 9.59 Å². The monoisotopic (exact) mass is 242 g/mol. The van der Waals surface area contributed by atoms with Crippen molar-refractivity contribution in [2.45, 2.75) is 32.6 Å². The van der Waals surface area contributed by atoms with E-state index in [2.05, 4.69) is 17.6 Å². The van der Waals surface area contributed by atoms with E-state index in [9.17, 15) is 14.7 Å². The van der Waals surface area contributed by atoms with Crippen molar-refractivity contribution in [1.82, 2.24) is 10.6 Å². The Bertz CT molecular complexity index is 283. The average molecular weight is 242 g/mol. The molecule has 1 fully saturated rings. The minimum Gasteiger partial charge on any atom is -0.481 e. The molecule has 1 aliphatic rings. The Labute approximate surface area is 102 Å². The Hall–Kier alpha value is -1.10. The SMILES string of the molecule is CNCC(=O)NCC1(C(=O)O)CCC(C)CC1. The highest BCUT2D eigenvalue weighted by Gasteiger charge is 2.41. The van der Waals surface area contributed by atoms with Crippen molar-refractivity contribution in [2.24, 2.45) is 11.3 Å². The van der Waals surface area contributed by atoms with Crippen LogP contribution < -0.4 is 10.6 Å². The molecule has 0 aromatic rings. The summed E-state index contributed by atoms with van der Waals surface area (Å²) in [6, 6.07) is 0. The first-order valence-electron chi connectivity index (χ1n) is 6.15. The number of aliphatic carboxylic acids is 1. The molecule has 98 valence electrons. The fraction of sp³-hybridized carbons (Fsp3) is 0.833. The molecule has 0 aromatic heterocycles. The summed E-state index contributed by atoms with van der Waals surface area (Å²) in [6.07, 6.45) is 3.16. The third kappa shape index (κ3) is 3.70. The van der Waals surface area contributed by atoms with Crippen molar-refractivity contribution >= 4 is 11.9 Å². The predicted molar refractivity (Wildman–Crippen MR) is 64.6 cm³/mol. The average Bonchev–Trinajstić information content (AvgIpc) is 2.29. The van der Waals surface area contributed by atoms with Gasteiger partial charge in [0, 0.05) is 6.54 Å². The normalized spacial score (nSPS) is 28.7. The zero-order valence-corrected chi connectivity index (χ0v) is 10.6. The number of amides is 1. The second kappa shape index (κ2) is 6.00. The van der Waals surface area contributed by atoms with Crippen LogP contribution in [0.4, 0.5) is 0 Å². The van der Waals surface area contributed by atoms with Crippen molar-refractivity contribution < 1.29 is 14.7 Å². The Morgan fingerprint density at radius 1 is 1.35 bits per heavy atom. The smallest absolute Gasteiger partial charge is 0.311 e. The molecular formula is C12H22N2O3. The maximum absolute atomic E-state index is 11.4. The van der Waals surface area contributed by atoms with Gasteiger partial charge in [-0.2, -0.15) is 0 Å². The van der Waals surface area contributed by atoms with Gasteiger partial charge in [-0.15, -0.1) is 0 Å². The molecule has 1 amide bonds. The number of carboxylic acids is 1. The molecule has 1 rings (SSSR count). The molecule has 0 heterocycles. The summed E-state index contributed by atoms with van der Waals surface area (Å²) in [7, 11) is 1.69. The van der Waals surface area contributed by atoms with Crippen LogP contribution in [-0.4, -0.2) is 37.1 Å². The highest BCUT2D eigenvalue weighted by Crippen LogP contribution is 2.38. The standard InChI is InChI=1S/C12H22N2O3/c1-9-3-5-12(6-4-9,11(16)17)8-14-10(15)7-13-2/h9,13H,3-8H2,1-2H3,(H,14,15)(H,16,17). The predicted octanol–water partition coefficient (Wildman–Crippen LogP) is 0.603. The van der Waals surface area contributed by atoms with E-state index in [0.717, 1.165) is 12.8 Å². The van der Waals surface area contributed by atoms with E-state index in [0.29, 0.717) is 18.8 Å². The van der Waals surface area contributed by atoms with Crippen LogP contribution in [0, 0.1) is 11.3 Å². The van der Waals surface area contributed by atoms with Crippen molar-refractivity contribution in [3.8, 4) is 0 Å². The van der Waals surface area contributed by atoms with Crippen LogP contribution in [-0.2, 0) is 9.59 Å². The number of nitrogens with one attached hydrogen (secondary N) is 2. The van der Waals surface area contributed by atoms with Crippen molar-refractivity contribution in [1.29, 1.82) is 0 Å². The second-order valence-electron chi connectivity index (χ2n) is 5.08. The number of likely N-dealkylation sites (N-methyl/N-ethyl adjacent to an activating group) is 1. The van der Waals surface area contributed by atoms with E-state index in [-0.39, 0.29) is 19.0 Å². The molecule has 0 radical (unpaired) electrons. The molecule has 17 heavy (non-hydrogen) atoms. The lowest BCUT2D eigenvalue weighted by atomic mass is 9.71. The molecule has 5 heteroatoms. The molecule has 0 aromatic carbocycles. The van der Waals surface area contributed by atoms with Crippen molar-refractivity contribution in [3.63, 3.8) is 0 Å². The van der Waals surface area contributed by atoms with Crippen molar-refractivity contribution in [3.05, 3.63) is 0 Å². The number of carboxylic acid groups (broad SMARTS) is 1. The molecule has 0 aliphatic heterocycles. The van der Waals surface area contributed by atoms with Crippen LogP contribution in [0.15, 0.2) is 0 Å². The fourth-order valence-electron chi connectivity index (χ4n) is 2.27. The minimum absolute atomic E-state index is 0.147. The van der Waals surface area contributed by atoms with Crippen LogP contribution in [0.5, 0.6) is 0 Å². The molecule has 5 nitrogen and oxygen atoms in total. The van der Waals surface area contributed by atoms with Gasteiger partial charge < -0.3 is 15.7 Å². The summed E-state index contributed by atoms with van der Waals surface area (Å²) in [5, 5.41) is 14.8. The van der Waals surface area contributed by atoms with E-state index in [1.165, 1.54) is 0 Å². The molecule has 1 saturated carbocycles. The zero-order chi connectivity index (χ0) is 12.9. The van der Waals surface area contributed by atoms with E-state index in [4.69, 9.17) is 0 Å². The van der Waals surface area contributed by atoms with Gasteiger partial charge in [0.1, 0.15) is 0 Å². The number of carbonyl (C=O) groups is 2. The van der Waals surface area contributed by atoms with Crippen LogP contribution >= 0.6 is 0 Å². The lowest BCUT2D eigenvalue weighted by Gasteiger charge is -2.35. The first-order valence-corrected chi connectivity index (χ1v) is 6.15. The summed E-state index contributed by atoms with van der Waals surface area (Å²) in [5.41, 5.74) is -0.754. The fourth-order valence-corrected chi connectivity index (χ4v) is 2.27. The van der Waals surface area contributed by atoms with Gasteiger partial charge in [-0.25, -0.2) is 0 Å². The number of hydrogen-bond acceptors (Lipinski definition) is 3. The third-order valence-corrected chi connectivity index (χ3v) is 3.65. The molecule has 1 aliphatic carbocycles. The zero-order valence-electron chi connectivity index (χ0n) is 10.6. The van der Waals surface area contributed by atoms with E-state index < -0.39 is 11.4 Å². The number of carbonyl (C=O) groups excluding carboxylic acids is 1. The number of hydrogen-bond donors (Lipinski definition) is 3. The van der Waals surface area contributed by atoms with Crippen LogP contribution in [0.2, 0.25) is 0 Å². The molecule has 0 spiro atoms. The molecule has 0 unspecified atom stereocenters. The molecule has 0 bridgehead atoms.